The van der Waals surface area contributed by atoms with Crippen molar-refractivity contribution in [3.8, 4) is 11.3 Å². The Morgan fingerprint density at radius 2 is 1.35 bits per heavy atom. The zero-order valence-corrected chi connectivity index (χ0v) is 19.5. The molecule has 1 heterocycles. The minimum Gasteiger partial charge on any atom is -0.481 e. The lowest BCUT2D eigenvalue weighted by atomic mass is 9.91. The van der Waals surface area contributed by atoms with Crippen molar-refractivity contribution in [2.45, 2.75) is 64.3 Å². The second-order valence-corrected chi connectivity index (χ2v) is 9.31. The molecule has 0 saturated carbocycles. The molecule has 34 heavy (non-hydrogen) atoms. The molecule has 0 saturated heterocycles. The second kappa shape index (κ2) is 10.2. The number of rotatable bonds is 12. The normalized spacial score (nSPS) is 11.8. The first-order chi connectivity index (χ1) is 16.7. The van der Waals surface area contributed by atoms with E-state index >= 15 is 0 Å². The smallest absolute Gasteiger partial charge is 0.303 e. The number of carboxylic acid groups (broad SMARTS) is 1. The number of aliphatic carboxylic acids is 1. The third-order valence-corrected chi connectivity index (χ3v) is 6.87. The number of benzene rings is 4. The van der Waals surface area contributed by atoms with Gasteiger partial charge in [-0.2, -0.15) is 0 Å². The molecule has 0 aliphatic heterocycles. The summed E-state index contributed by atoms with van der Waals surface area (Å²) < 4.78 is 1.97. The first-order valence-electron chi connectivity index (χ1n) is 12.5. The fourth-order valence-corrected chi connectivity index (χ4v) is 5.10. The van der Waals surface area contributed by atoms with E-state index in [1.807, 2.05) is 4.68 Å². The Bertz CT molecular complexity index is 1390. The van der Waals surface area contributed by atoms with Crippen molar-refractivity contribution in [3.05, 3.63) is 60.8 Å². The van der Waals surface area contributed by atoms with Gasteiger partial charge >= 0.3 is 5.97 Å². The maximum Gasteiger partial charge on any atom is 0.303 e. The van der Waals surface area contributed by atoms with Crippen molar-refractivity contribution in [2.24, 2.45) is 0 Å². The van der Waals surface area contributed by atoms with Crippen LogP contribution in [0, 0.1) is 0 Å². The molecule has 5 rings (SSSR count). The quantitative estimate of drug-likeness (QED) is 0.157. The van der Waals surface area contributed by atoms with Crippen LogP contribution < -0.4 is 0 Å². The van der Waals surface area contributed by atoms with Crippen LogP contribution in [0.15, 0.2) is 60.8 Å². The molecule has 0 amide bonds. The summed E-state index contributed by atoms with van der Waals surface area (Å²) in [7, 11) is 0. The van der Waals surface area contributed by atoms with Crippen LogP contribution in [0.3, 0.4) is 0 Å². The number of aryl methyl sites for hydroxylation is 1. The fraction of sp³-hybridized carbons (Fsp3) is 0.345. The van der Waals surface area contributed by atoms with E-state index in [4.69, 9.17) is 5.11 Å². The molecule has 5 aromatic rings. The van der Waals surface area contributed by atoms with Crippen LogP contribution >= 0.6 is 0 Å². The van der Waals surface area contributed by atoms with Crippen LogP contribution in [0.4, 0.5) is 0 Å². The Hall–Kier alpha value is -3.47. The van der Waals surface area contributed by atoms with Crippen LogP contribution in [0.2, 0.25) is 0 Å². The Morgan fingerprint density at radius 1 is 0.735 bits per heavy atom. The molecule has 174 valence electrons. The van der Waals surface area contributed by atoms with Gasteiger partial charge in [-0.05, 0) is 45.2 Å². The maximum absolute atomic E-state index is 10.5. The van der Waals surface area contributed by atoms with Crippen molar-refractivity contribution >= 4 is 38.3 Å². The zero-order chi connectivity index (χ0) is 23.3. The lowest BCUT2D eigenvalue weighted by Crippen LogP contribution is -1.98. The molecule has 4 aromatic carbocycles. The van der Waals surface area contributed by atoms with E-state index < -0.39 is 5.97 Å². The highest BCUT2D eigenvalue weighted by molar-refractivity contribution is 6.25. The van der Waals surface area contributed by atoms with E-state index in [0.29, 0.717) is 6.42 Å². The average molecular weight is 454 g/mol. The highest BCUT2D eigenvalue weighted by Crippen LogP contribution is 2.38. The molecule has 0 aliphatic rings. The van der Waals surface area contributed by atoms with Crippen LogP contribution in [-0.4, -0.2) is 26.1 Å². The van der Waals surface area contributed by atoms with Crippen LogP contribution in [0.25, 0.3) is 43.6 Å². The molecule has 1 N–H and O–H groups in total. The summed E-state index contributed by atoms with van der Waals surface area (Å²) in [4.78, 5) is 10.5. The van der Waals surface area contributed by atoms with E-state index in [-0.39, 0.29) is 0 Å². The Morgan fingerprint density at radius 3 is 2.09 bits per heavy atom. The Kier molecular flexibility index (Phi) is 6.70. The van der Waals surface area contributed by atoms with Gasteiger partial charge in [-0.15, -0.1) is 5.10 Å². The third-order valence-electron chi connectivity index (χ3n) is 6.87. The minimum atomic E-state index is -0.685. The molecule has 5 nitrogen and oxygen atoms in total. The van der Waals surface area contributed by atoms with Gasteiger partial charge in [0.1, 0.15) is 5.69 Å². The van der Waals surface area contributed by atoms with E-state index in [9.17, 15) is 4.79 Å². The Labute approximate surface area is 199 Å². The van der Waals surface area contributed by atoms with Gasteiger partial charge < -0.3 is 5.11 Å². The number of aromatic nitrogens is 3. The molecule has 0 unspecified atom stereocenters. The zero-order valence-electron chi connectivity index (χ0n) is 19.5. The van der Waals surface area contributed by atoms with Gasteiger partial charge in [-0.1, -0.05) is 98.3 Å². The van der Waals surface area contributed by atoms with Crippen molar-refractivity contribution in [1.82, 2.24) is 15.0 Å². The molecular formula is C29H31N3O2. The third kappa shape index (κ3) is 4.74. The second-order valence-electron chi connectivity index (χ2n) is 9.31. The summed E-state index contributed by atoms with van der Waals surface area (Å²) in [6.07, 6.45) is 11.3. The standard InChI is InChI=1S/C29H31N3O2/c33-27(34)12-7-5-3-1-2-4-6-8-19-32-20-26(30-31-32)24-17-15-23-14-13-21-10-9-11-22-16-18-25(24)29(23)28(21)22/h9-11,13-18,20H,1-8,12,19H2,(H,33,34). The predicted octanol–water partition coefficient (Wildman–Crippen LogP) is 7.44. The molecular weight excluding hydrogens is 422 g/mol. The molecule has 0 spiro atoms. The molecule has 5 heteroatoms. The van der Waals surface area contributed by atoms with Crippen LogP contribution in [-0.2, 0) is 11.3 Å². The van der Waals surface area contributed by atoms with Gasteiger partial charge in [0.05, 0.1) is 6.20 Å². The monoisotopic (exact) mass is 453 g/mol. The van der Waals surface area contributed by atoms with Gasteiger partial charge in [0.2, 0.25) is 0 Å². The van der Waals surface area contributed by atoms with Crippen molar-refractivity contribution < 1.29 is 9.90 Å². The number of hydrogen-bond donors (Lipinski definition) is 1. The molecule has 0 atom stereocenters. The van der Waals surface area contributed by atoms with Gasteiger partial charge in [0.15, 0.2) is 0 Å². The lowest BCUT2D eigenvalue weighted by molar-refractivity contribution is -0.137. The van der Waals surface area contributed by atoms with E-state index in [1.54, 1.807) is 0 Å². The number of unbranched alkanes of at least 4 members (excludes halogenated alkanes) is 7. The summed E-state index contributed by atoms with van der Waals surface area (Å²) in [6, 6.07) is 19.7. The summed E-state index contributed by atoms with van der Waals surface area (Å²) in [5.74, 6) is -0.685. The Balaban J connectivity index is 1.19. The summed E-state index contributed by atoms with van der Waals surface area (Å²) >= 11 is 0. The van der Waals surface area contributed by atoms with Crippen LogP contribution in [0.1, 0.15) is 57.8 Å². The maximum atomic E-state index is 10.5. The number of carboxylic acids is 1. The number of hydrogen-bond acceptors (Lipinski definition) is 3. The molecule has 0 aliphatic carbocycles. The minimum absolute atomic E-state index is 0.300. The number of carbonyl (C=O) groups is 1. The molecule has 0 fully saturated rings. The lowest BCUT2D eigenvalue weighted by Gasteiger charge is -2.12. The van der Waals surface area contributed by atoms with Crippen molar-refractivity contribution in [2.75, 3.05) is 0 Å². The fourth-order valence-electron chi connectivity index (χ4n) is 5.10. The largest absolute Gasteiger partial charge is 0.481 e. The summed E-state index contributed by atoms with van der Waals surface area (Å²) in [6.45, 7) is 0.886. The van der Waals surface area contributed by atoms with Gasteiger partial charge in [-0.25, -0.2) is 0 Å². The summed E-state index contributed by atoms with van der Waals surface area (Å²) in [5.41, 5.74) is 2.07. The molecule has 0 bridgehead atoms. The molecule has 1 aromatic heterocycles. The highest BCUT2D eigenvalue weighted by atomic mass is 16.4. The van der Waals surface area contributed by atoms with E-state index in [1.165, 1.54) is 58.0 Å². The van der Waals surface area contributed by atoms with Gasteiger partial charge in [0, 0.05) is 18.5 Å². The van der Waals surface area contributed by atoms with Crippen molar-refractivity contribution in [3.63, 3.8) is 0 Å². The predicted molar refractivity (Wildman–Crippen MR) is 138 cm³/mol. The summed E-state index contributed by atoms with van der Waals surface area (Å²) in [5, 5.41) is 25.3. The van der Waals surface area contributed by atoms with E-state index in [0.717, 1.165) is 43.5 Å². The van der Waals surface area contributed by atoms with Gasteiger partial charge in [-0.3, -0.25) is 9.48 Å². The number of nitrogens with zero attached hydrogens (tertiary/aromatic N) is 3. The SMILES string of the molecule is O=C(O)CCCCCCCCCCn1cc(-c2ccc3ccc4cccc5ccc2c3c45)nn1. The van der Waals surface area contributed by atoms with Crippen molar-refractivity contribution in [1.29, 1.82) is 0 Å². The van der Waals surface area contributed by atoms with Crippen LogP contribution in [0.5, 0.6) is 0 Å². The van der Waals surface area contributed by atoms with E-state index in [2.05, 4.69) is 71.1 Å². The van der Waals surface area contributed by atoms with Gasteiger partial charge in [0.25, 0.3) is 0 Å². The first kappa shape index (κ1) is 22.3. The molecule has 0 radical (unpaired) electrons. The average Bonchev–Trinajstić information content (AvgIpc) is 3.32. The highest BCUT2D eigenvalue weighted by Gasteiger charge is 2.13. The first-order valence-corrected chi connectivity index (χ1v) is 12.5. The topological polar surface area (TPSA) is 68.0 Å².